The molecule has 5 rings (SSSR count). The van der Waals surface area contributed by atoms with Crippen molar-refractivity contribution in [3.63, 3.8) is 0 Å². The normalized spacial score (nSPS) is 14.3. The summed E-state index contributed by atoms with van der Waals surface area (Å²) >= 11 is 0. The summed E-state index contributed by atoms with van der Waals surface area (Å²) in [4.78, 5) is 43.6. The SMILES string of the molecule is Cc1cc(C)cc(C(C(=O)Nc2ccc3ccccc3c2)N(C(=O)C(Cc2ccc(O)cc2)NC(=O)OC(C)(C)C)C2CC2)c1. The minimum Gasteiger partial charge on any atom is -0.508 e. The van der Waals surface area contributed by atoms with Crippen LogP contribution >= 0.6 is 0 Å². The second-order valence-corrected chi connectivity index (χ2v) is 12.9. The Morgan fingerprint density at radius 1 is 0.889 bits per heavy atom. The zero-order chi connectivity index (χ0) is 32.3. The number of phenolic OH excluding ortho intramolecular Hbond substituents is 1. The van der Waals surface area contributed by atoms with Gasteiger partial charge in [0.15, 0.2) is 0 Å². The van der Waals surface area contributed by atoms with E-state index in [9.17, 15) is 19.5 Å². The molecular formula is C37H41N3O5. The number of fused-ring (bicyclic) bond motifs is 1. The summed E-state index contributed by atoms with van der Waals surface area (Å²) in [6.45, 7) is 9.21. The molecule has 0 aromatic heterocycles. The zero-order valence-electron chi connectivity index (χ0n) is 26.5. The molecule has 8 nitrogen and oxygen atoms in total. The number of carbonyl (C=O) groups is 3. The Kier molecular flexibility index (Phi) is 9.14. The highest BCUT2D eigenvalue weighted by Gasteiger charge is 2.44. The standard InChI is InChI=1S/C37H41N3O5/c1-23-18-24(2)20-28(19-23)33(34(42)38-29-13-12-26-8-6-7-9-27(26)22-29)40(30-14-15-30)35(43)32(39-36(44)45-37(3,4)5)21-25-10-16-31(41)17-11-25/h6-13,16-20,22,30,32-33,41H,14-15,21H2,1-5H3,(H,38,42)(H,39,44). The van der Waals surface area contributed by atoms with E-state index < -0.39 is 23.8 Å². The first-order chi connectivity index (χ1) is 21.4. The number of ether oxygens (including phenoxy) is 1. The Balaban J connectivity index is 1.53. The number of phenols is 1. The van der Waals surface area contributed by atoms with Crippen LogP contribution in [0, 0.1) is 13.8 Å². The molecule has 1 aliphatic carbocycles. The van der Waals surface area contributed by atoms with Crippen molar-refractivity contribution in [1.82, 2.24) is 10.2 Å². The lowest BCUT2D eigenvalue weighted by Crippen LogP contribution is -2.54. The molecule has 4 aromatic carbocycles. The van der Waals surface area contributed by atoms with Crippen molar-refractivity contribution in [3.05, 3.63) is 107 Å². The van der Waals surface area contributed by atoms with Gasteiger partial charge in [0, 0.05) is 18.2 Å². The number of hydrogen-bond donors (Lipinski definition) is 3. The molecule has 2 atom stereocenters. The summed E-state index contributed by atoms with van der Waals surface area (Å²) in [6, 6.07) is 23.9. The van der Waals surface area contributed by atoms with Gasteiger partial charge < -0.3 is 25.4 Å². The van der Waals surface area contributed by atoms with Gasteiger partial charge in [0.2, 0.25) is 5.91 Å². The third-order valence-corrected chi connectivity index (χ3v) is 7.66. The molecule has 1 aliphatic rings. The number of amides is 3. The van der Waals surface area contributed by atoms with Crippen molar-refractivity contribution in [2.45, 2.75) is 77.6 Å². The molecule has 1 fully saturated rings. The topological polar surface area (TPSA) is 108 Å². The highest BCUT2D eigenvalue weighted by molar-refractivity contribution is 6.00. The van der Waals surface area contributed by atoms with E-state index in [1.807, 2.05) is 74.5 Å². The van der Waals surface area contributed by atoms with E-state index in [2.05, 4.69) is 10.6 Å². The Morgan fingerprint density at radius 2 is 1.53 bits per heavy atom. The van der Waals surface area contributed by atoms with Crippen LogP contribution < -0.4 is 10.6 Å². The van der Waals surface area contributed by atoms with E-state index in [0.29, 0.717) is 11.3 Å². The molecule has 4 aromatic rings. The Morgan fingerprint density at radius 3 is 2.16 bits per heavy atom. The van der Waals surface area contributed by atoms with Crippen LogP contribution in [0.2, 0.25) is 0 Å². The van der Waals surface area contributed by atoms with Gasteiger partial charge in [0.1, 0.15) is 23.4 Å². The molecule has 0 saturated heterocycles. The number of carbonyl (C=O) groups excluding carboxylic acids is 3. The van der Waals surface area contributed by atoms with Crippen LogP contribution in [0.4, 0.5) is 10.5 Å². The van der Waals surface area contributed by atoms with Gasteiger partial charge in [-0.1, -0.05) is 71.8 Å². The zero-order valence-corrected chi connectivity index (χ0v) is 26.5. The van der Waals surface area contributed by atoms with Gasteiger partial charge in [-0.3, -0.25) is 9.59 Å². The second kappa shape index (κ2) is 13.0. The fourth-order valence-electron chi connectivity index (χ4n) is 5.65. The number of nitrogens with zero attached hydrogens (tertiary/aromatic N) is 1. The predicted octanol–water partition coefficient (Wildman–Crippen LogP) is 6.97. The molecule has 0 aliphatic heterocycles. The first kappa shape index (κ1) is 31.6. The van der Waals surface area contributed by atoms with E-state index in [1.54, 1.807) is 49.9 Å². The van der Waals surface area contributed by atoms with Crippen LogP contribution in [0.15, 0.2) is 84.9 Å². The van der Waals surface area contributed by atoms with Crippen molar-refractivity contribution in [3.8, 4) is 5.75 Å². The minimum absolute atomic E-state index is 0.0987. The highest BCUT2D eigenvalue weighted by atomic mass is 16.6. The molecular weight excluding hydrogens is 566 g/mol. The molecule has 2 unspecified atom stereocenters. The fraction of sp³-hybridized carbons (Fsp3) is 0.324. The molecule has 0 heterocycles. The van der Waals surface area contributed by atoms with E-state index in [4.69, 9.17) is 4.74 Å². The summed E-state index contributed by atoms with van der Waals surface area (Å²) in [5, 5.41) is 17.7. The molecule has 234 valence electrons. The van der Waals surface area contributed by atoms with Crippen LogP contribution in [0.5, 0.6) is 5.75 Å². The van der Waals surface area contributed by atoms with Gasteiger partial charge >= 0.3 is 6.09 Å². The van der Waals surface area contributed by atoms with E-state index in [1.165, 1.54) is 0 Å². The average Bonchev–Trinajstić information content (AvgIpc) is 3.80. The van der Waals surface area contributed by atoms with Gasteiger partial charge in [-0.25, -0.2) is 4.79 Å². The largest absolute Gasteiger partial charge is 0.508 e. The first-order valence-electron chi connectivity index (χ1n) is 15.3. The van der Waals surface area contributed by atoms with Crippen LogP contribution in [0.3, 0.4) is 0 Å². The predicted molar refractivity (Wildman–Crippen MR) is 176 cm³/mol. The number of aryl methyl sites for hydroxylation is 2. The number of hydrogen-bond acceptors (Lipinski definition) is 5. The van der Waals surface area contributed by atoms with Gasteiger partial charge in [0.05, 0.1) is 0 Å². The highest BCUT2D eigenvalue weighted by Crippen LogP contribution is 2.37. The van der Waals surface area contributed by atoms with Crippen molar-refractivity contribution < 1.29 is 24.2 Å². The number of rotatable bonds is 9. The third-order valence-electron chi connectivity index (χ3n) is 7.66. The molecule has 0 bridgehead atoms. The maximum atomic E-state index is 14.6. The number of benzene rings is 4. The van der Waals surface area contributed by atoms with Crippen LogP contribution in [0.1, 0.15) is 61.9 Å². The van der Waals surface area contributed by atoms with Crippen molar-refractivity contribution >= 4 is 34.4 Å². The monoisotopic (exact) mass is 607 g/mol. The molecule has 45 heavy (non-hydrogen) atoms. The lowest BCUT2D eigenvalue weighted by Gasteiger charge is -2.35. The molecule has 3 amide bonds. The van der Waals surface area contributed by atoms with Gasteiger partial charge in [-0.05, 0) is 93.6 Å². The summed E-state index contributed by atoms with van der Waals surface area (Å²) in [5.41, 5.74) is 3.25. The van der Waals surface area contributed by atoms with Crippen LogP contribution in [-0.2, 0) is 20.7 Å². The third kappa shape index (κ3) is 8.20. The quantitative estimate of drug-likeness (QED) is 0.191. The van der Waals surface area contributed by atoms with E-state index in [0.717, 1.165) is 40.3 Å². The van der Waals surface area contributed by atoms with Crippen molar-refractivity contribution in [2.24, 2.45) is 0 Å². The van der Waals surface area contributed by atoms with Crippen molar-refractivity contribution in [1.29, 1.82) is 0 Å². The molecule has 1 saturated carbocycles. The van der Waals surface area contributed by atoms with Gasteiger partial charge in [0.25, 0.3) is 5.91 Å². The molecule has 0 spiro atoms. The Labute approximate surface area is 264 Å². The van der Waals surface area contributed by atoms with E-state index in [-0.39, 0.29) is 30.0 Å². The number of anilines is 1. The lowest BCUT2D eigenvalue weighted by molar-refractivity contribution is -0.141. The van der Waals surface area contributed by atoms with Crippen LogP contribution in [-0.4, -0.2) is 45.6 Å². The van der Waals surface area contributed by atoms with Crippen LogP contribution in [0.25, 0.3) is 10.8 Å². The van der Waals surface area contributed by atoms with Crippen molar-refractivity contribution in [2.75, 3.05) is 5.32 Å². The molecule has 0 radical (unpaired) electrons. The molecule has 8 heteroatoms. The first-order valence-corrected chi connectivity index (χ1v) is 15.3. The maximum absolute atomic E-state index is 14.6. The molecule has 3 N–H and O–H groups in total. The smallest absolute Gasteiger partial charge is 0.408 e. The number of nitrogens with one attached hydrogen (secondary N) is 2. The van der Waals surface area contributed by atoms with Gasteiger partial charge in [-0.2, -0.15) is 0 Å². The lowest BCUT2D eigenvalue weighted by atomic mass is 9.97. The Hall–Kier alpha value is -4.85. The average molecular weight is 608 g/mol. The maximum Gasteiger partial charge on any atom is 0.408 e. The number of alkyl carbamates (subject to hydrolysis) is 1. The Bertz CT molecular complexity index is 1690. The summed E-state index contributed by atoms with van der Waals surface area (Å²) in [6.07, 6.45) is 0.912. The summed E-state index contributed by atoms with van der Waals surface area (Å²) in [5.74, 6) is -0.619. The van der Waals surface area contributed by atoms with Gasteiger partial charge in [-0.15, -0.1) is 0 Å². The summed E-state index contributed by atoms with van der Waals surface area (Å²) in [7, 11) is 0. The fourth-order valence-corrected chi connectivity index (χ4v) is 5.65. The second-order valence-electron chi connectivity index (χ2n) is 12.9. The minimum atomic E-state index is -1.02. The number of aromatic hydroxyl groups is 1. The van der Waals surface area contributed by atoms with E-state index >= 15 is 0 Å². The summed E-state index contributed by atoms with van der Waals surface area (Å²) < 4.78 is 5.53.